The third-order valence-electron chi connectivity index (χ3n) is 13.7. The third kappa shape index (κ3) is 6.63. The smallest absolute Gasteiger partial charge is 0.165 e. The highest BCUT2D eigenvalue weighted by Gasteiger charge is 2.22. The molecule has 0 saturated carbocycles. The van der Waals surface area contributed by atoms with Gasteiger partial charge in [0.15, 0.2) is 17.5 Å². The number of fused-ring (bicyclic) bond motifs is 9. The summed E-state index contributed by atoms with van der Waals surface area (Å²) >= 11 is 1.78. The summed E-state index contributed by atoms with van der Waals surface area (Å²) < 4.78 is 11.5. The molecule has 1 aliphatic carbocycles. The average Bonchev–Trinajstić information content (AvgIpc) is 4.10. The molecule has 0 saturated heterocycles. The van der Waals surface area contributed by atoms with Crippen molar-refractivity contribution in [1.29, 1.82) is 0 Å². The van der Waals surface area contributed by atoms with Crippen LogP contribution in [0.4, 0.5) is 0 Å². The normalized spacial score (nSPS) is 12.8. The Balaban J connectivity index is 0.982. The number of hydrogen-bond donors (Lipinski definition) is 0. The zero-order valence-corrected chi connectivity index (χ0v) is 38.1. The Bertz CT molecular complexity index is 4160. The Kier molecular flexibility index (Phi) is 9.14. The van der Waals surface area contributed by atoms with E-state index in [4.69, 9.17) is 19.4 Å². The highest BCUT2D eigenvalue weighted by atomic mass is 32.1. The van der Waals surface area contributed by atoms with Crippen LogP contribution in [0.5, 0.6) is 0 Å². The number of thiophene rings is 1. The first-order chi connectivity index (χ1) is 34.2. The molecule has 0 bridgehead atoms. The van der Waals surface area contributed by atoms with Crippen LogP contribution < -0.4 is 0 Å². The molecule has 13 aromatic rings. The van der Waals surface area contributed by atoms with Gasteiger partial charge >= 0.3 is 0 Å². The third-order valence-corrected chi connectivity index (χ3v) is 14.9. The van der Waals surface area contributed by atoms with E-state index in [-0.39, 0.29) is 0 Å². The van der Waals surface area contributed by atoms with E-state index in [2.05, 4.69) is 211 Å². The molecular formula is C63H40N4OS. The lowest BCUT2D eigenvalue weighted by molar-refractivity contribution is 0.669. The van der Waals surface area contributed by atoms with Crippen LogP contribution >= 0.6 is 11.3 Å². The predicted molar refractivity (Wildman–Crippen MR) is 288 cm³/mol. The maximum Gasteiger partial charge on any atom is 0.165 e. The van der Waals surface area contributed by atoms with Gasteiger partial charge in [0, 0.05) is 64.1 Å². The van der Waals surface area contributed by atoms with Crippen LogP contribution in [-0.4, -0.2) is 19.5 Å². The van der Waals surface area contributed by atoms with Crippen LogP contribution in [0.25, 0.3) is 132 Å². The fourth-order valence-electron chi connectivity index (χ4n) is 10.4. The van der Waals surface area contributed by atoms with Crippen molar-refractivity contribution in [3.63, 3.8) is 0 Å². The van der Waals surface area contributed by atoms with E-state index in [1.807, 2.05) is 12.1 Å². The van der Waals surface area contributed by atoms with E-state index < -0.39 is 0 Å². The number of rotatable bonds is 7. The highest BCUT2D eigenvalue weighted by molar-refractivity contribution is 7.26. The molecule has 14 rings (SSSR count). The first kappa shape index (κ1) is 39.5. The van der Waals surface area contributed by atoms with Gasteiger partial charge in [-0.3, -0.25) is 0 Å². The zero-order valence-electron chi connectivity index (χ0n) is 37.3. The maximum absolute atomic E-state index is 6.70. The molecule has 0 radical (unpaired) electrons. The van der Waals surface area contributed by atoms with Crippen molar-refractivity contribution >= 4 is 80.8 Å². The Morgan fingerprint density at radius 1 is 0.420 bits per heavy atom. The van der Waals surface area contributed by atoms with Gasteiger partial charge in [-0.15, -0.1) is 11.3 Å². The summed E-state index contributed by atoms with van der Waals surface area (Å²) in [6.45, 7) is 0. The van der Waals surface area contributed by atoms with Crippen molar-refractivity contribution < 1.29 is 4.42 Å². The van der Waals surface area contributed by atoms with Crippen molar-refractivity contribution in [1.82, 2.24) is 19.5 Å². The van der Waals surface area contributed by atoms with Crippen LogP contribution in [0.15, 0.2) is 223 Å². The van der Waals surface area contributed by atoms with E-state index in [9.17, 15) is 0 Å². The summed E-state index contributed by atoms with van der Waals surface area (Å²) in [6, 6.07) is 71.4. The van der Waals surface area contributed by atoms with E-state index >= 15 is 0 Å². The minimum absolute atomic E-state index is 0.591. The highest BCUT2D eigenvalue weighted by Crippen LogP contribution is 2.43. The number of furan rings is 1. The van der Waals surface area contributed by atoms with Crippen molar-refractivity contribution in [2.75, 3.05) is 0 Å². The lowest BCUT2D eigenvalue weighted by atomic mass is 9.98. The first-order valence-electron chi connectivity index (χ1n) is 23.5. The molecule has 9 aromatic carbocycles. The molecule has 1 aliphatic rings. The number of hydrogen-bond acceptors (Lipinski definition) is 5. The Hall–Kier alpha value is -8.71. The molecule has 0 amide bonds. The monoisotopic (exact) mass is 900 g/mol. The standard InChI is InChI=1S/C63H40N4OS/c1-4-15-39(16-5-1)42-21-12-22-45(35-42)61-64-62(66-63(65-61)50-26-13-24-48-47-23-10-11-28-58(47)69-60(48)50)49-25-14-27-57-59(49)53-38-46(31-34-56(53)68-57)67-54-32-29-43(40-17-6-2-7-18-40)36-51(54)52-37-44(30-33-55(52)67)41-19-8-3-9-20-41/h2-4,6-38H,1,5H2. The van der Waals surface area contributed by atoms with Gasteiger partial charge in [0.25, 0.3) is 0 Å². The molecule has 0 aliphatic heterocycles. The van der Waals surface area contributed by atoms with E-state index in [1.165, 1.54) is 54.1 Å². The van der Waals surface area contributed by atoms with Crippen LogP contribution in [0.2, 0.25) is 0 Å². The number of benzene rings is 9. The molecule has 4 heterocycles. The predicted octanol–water partition coefficient (Wildman–Crippen LogP) is 17.3. The topological polar surface area (TPSA) is 56.7 Å². The minimum atomic E-state index is 0.591. The van der Waals surface area contributed by atoms with Gasteiger partial charge < -0.3 is 8.98 Å². The molecule has 5 nitrogen and oxygen atoms in total. The van der Waals surface area contributed by atoms with E-state index in [0.717, 1.165) is 78.5 Å². The van der Waals surface area contributed by atoms with Gasteiger partial charge in [-0.05, 0) is 113 Å². The van der Waals surface area contributed by atoms with Crippen molar-refractivity contribution in [2.24, 2.45) is 0 Å². The van der Waals surface area contributed by atoms with Gasteiger partial charge in [0.1, 0.15) is 11.2 Å². The summed E-state index contributed by atoms with van der Waals surface area (Å²) in [5.41, 5.74) is 14.8. The number of nitrogens with zero attached hydrogens (tertiary/aromatic N) is 4. The molecule has 0 unspecified atom stereocenters. The summed E-state index contributed by atoms with van der Waals surface area (Å²) in [4.78, 5) is 16.1. The van der Waals surface area contributed by atoms with E-state index in [1.54, 1.807) is 11.3 Å². The molecule has 69 heavy (non-hydrogen) atoms. The van der Waals surface area contributed by atoms with Crippen molar-refractivity contribution in [3.05, 3.63) is 224 Å². The Labute approximate surface area is 401 Å². The second-order valence-corrected chi connectivity index (χ2v) is 18.9. The van der Waals surface area contributed by atoms with Gasteiger partial charge in [0.2, 0.25) is 0 Å². The maximum atomic E-state index is 6.70. The zero-order chi connectivity index (χ0) is 45.4. The molecule has 0 atom stereocenters. The largest absolute Gasteiger partial charge is 0.456 e. The van der Waals surface area contributed by atoms with Gasteiger partial charge in [0.05, 0.1) is 11.0 Å². The second kappa shape index (κ2) is 16.0. The quantitative estimate of drug-likeness (QED) is 0.160. The Morgan fingerprint density at radius 3 is 1.81 bits per heavy atom. The number of allylic oxidation sites excluding steroid dienone is 4. The summed E-state index contributed by atoms with van der Waals surface area (Å²) in [6.07, 6.45) is 8.87. The summed E-state index contributed by atoms with van der Waals surface area (Å²) in [5, 5.41) is 6.77. The summed E-state index contributed by atoms with van der Waals surface area (Å²) in [7, 11) is 0. The molecule has 0 fully saturated rings. The Morgan fingerprint density at radius 2 is 1.06 bits per heavy atom. The fraction of sp³-hybridized carbons (Fsp3) is 0.0317. The molecular weight excluding hydrogens is 861 g/mol. The van der Waals surface area contributed by atoms with Gasteiger partial charge in [-0.25, -0.2) is 15.0 Å². The SMILES string of the molecule is C1=CC(c2cccc(-c3nc(-c4cccc5c4sc4ccccc45)nc(-c4cccc5oc6ccc(-n7c8ccc(-c9ccccc9)cc8c8cc(-c9ccccc9)ccc87)cc6c45)n3)c2)=CCC1. The number of aromatic nitrogens is 4. The van der Waals surface area contributed by atoms with Crippen LogP contribution in [-0.2, 0) is 0 Å². The molecule has 0 N–H and O–H groups in total. The van der Waals surface area contributed by atoms with Crippen molar-refractivity contribution in [3.8, 4) is 62.1 Å². The van der Waals surface area contributed by atoms with Crippen molar-refractivity contribution in [2.45, 2.75) is 12.8 Å². The van der Waals surface area contributed by atoms with Crippen LogP contribution in [0.3, 0.4) is 0 Å². The molecule has 0 spiro atoms. The van der Waals surface area contributed by atoms with Crippen LogP contribution in [0.1, 0.15) is 18.4 Å². The second-order valence-electron chi connectivity index (χ2n) is 17.8. The minimum Gasteiger partial charge on any atom is -0.456 e. The lowest BCUT2D eigenvalue weighted by Gasteiger charge is -2.12. The molecule has 4 aromatic heterocycles. The van der Waals surface area contributed by atoms with Gasteiger partial charge in [-0.1, -0.05) is 152 Å². The average molecular weight is 901 g/mol. The summed E-state index contributed by atoms with van der Waals surface area (Å²) in [5.74, 6) is 1.85. The lowest BCUT2D eigenvalue weighted by Crippen LogP contribution is -2.01. The molecule has 324 valence electrons. The fourth-order valence-corrected chi connectivity index (χ4v) is 11.6. The van der Waals surface area contributed by atoms with E-state index in [0.29, 0.717) is 17.5 Å². The molecule has 6 heteroatoms. The van der Waals surface area contributed by atoms with Gasteiger partial charge in [-0.2, -0.15) is 0 Å². The van der Waals surface area contributed by atoms with Crippen LogP contribution in [0, 0.1) is 0 Å². The first-order valence-corrected chi connectivity index (χ1v) is 24.3.